The summed E-state index contributed by atoms with van der Waals surface area (Å²) in [6.45, 7) is 0.341. The summed E-state index contributed by atoms with van der Waals surface area (Å²) in [6.07, 6.45) is 1.48. The number of aromatic amines is 1. The second kappa shape index (κ2) is 6.51. The summed E-state index contributed by atoms with van der Waals surface area (Å²) in [5, 5.41) is 13.6. The predicted octanol–water partition coefficient (Wildman–Crippen LogP) is 1.76. The number of halogens is 1. The van der Waals surface area contributed by atoms with Crippen LogP contribution in [0.15, 0.2) is 30.5 Å². The van der Waals surface area contributed by atoms with Crippen molar-refractivity contribution in [1.82, 2.24) is 15.0 Å². The van der Waals surface area contributed by atoms with Gasteiger partial charge in [-0.05, 0) is 18.2 Å². The van der Waals surface area contributed by atoms with Crippen LogP contribution in [-0.2, 0) is 6.42 Å². The number of benzene rings is 1. The van der Waals surface area contributed by atoms with E-state index >= 15 is 0 Å². The molecule has 3 rings (SSSR count). The number of hydrogen-bond donors (Lipinski definition) is 3. The molecule has 0 atom stereocenters. The number of fused-ring (bicyclic) bond motifs is 1. The van der Waals surface area contributed by atoms with Crippen molar-refractivity contribution in [1.29, 1.82) is 0 Å². The summed E-state index contributed by atoms with van der Waals surface area (Å²) in [4.78, 5) is 32.7. The normalized spacial score (nSPS) is 10.8. The van der Waals surface area contributed by atoms with E-state index in [1.165, 1.54) is 12.1 Å². The Bertz CT molecular complexity index is 971. The molecule has 0 aliphatic rings. The number of nitrogens with two attached hydrogens (primary N) is 1. The molecule has 0 fully saturated rings. The van der Waals surface area contributed by atoms with Gasteiger partial charge >= 0.3 is 0 Å². The molecule has 128 valence electrons. The molecule has 25 heavy (non-hydrogen) atoms. The van der Waals surface area contributed by atoms with Crippen molar-refractivity contribution < 1.29 is 14.1 Å². The Hall–Kier alpha value is -3.56. The van der Waals surface area contributed by atoms with Crippen LogP contribution in [0, 0.1) is 15.9 Å². The molecule has 1 amide bonds. The fraction of sp³-hybridized carbons (Fsp3) is 0.133. The van der Waals surface area contributed by atoms with Crippen molar-refractivity contribution in [3.8, 4) is 0 Å². The molecule has 4 N–H and O–H groups in total. The number of pyridine rings is 1. The van der Waals surface area contributed by atoms with E-state index in [0.29, 0.717) is 29.8 Å². The smallest absolute Gasteiger partial charge is 0.288 e. The molecule has 0 spiro atoms. The summed E-state index contributed by atoms with van der Waals surface area (Å²) in [5.74, 6) is -0.407. The number of primary amides is 1. The maximum Gasteiger partial charge on any atom is 0.288 e. The Balaban J connectivity index is 1.72. The van der Waals surface area contributed by atoms with Gasteiger partial charge in [-0.25, -0.2) is 14.4 Å². The number of rotatable bonds is 6. The molecule has 0 unspecified atom stereocenters. The number of hydrogen-bond acceptors (Lipinski definition) is 6. The standard InChI is InChI=1S/C15H13FN6O3/c16-8-1-2-11-12(5-8)21-13(20-11)3-4-18-15-10(14(17)23)6-9(7-19-15)22(24)25/h1-2,5-7H,3-4H2,(H2,17,23)(H,18,19)(H,20,21). The highest BCUT2D eigenvalue weighted by molar-refractivity contribution is 5.98. The van der Waals surface area contributed by atoms with Crippen LogP contribution in [0.25, 0.3) is 11.0 Å². The van der Waals surface area contributed by atoms with E-state index in [1.54, 1.807) is 6.07 Å². The van der Waals surface area contributed by atoms with Crippen LogP contribution < -0.4 is 11.1 Å². The fourth-order valence-corrected chi connectivity index (χ4v) is 2.33. The second-order valence-corrected chi connectivity index (χ2v) is 5.23. The van der Waals surface area contributed by atoms with Gasteiger partial charge in [-0.3, -0.25) is 14.9 Å². The number of nitro groups is 1. The molecule has 3 aromatic rings. The van der Waals surface area contributed by atoms with Gasteiger partial charge < -0.3 is 16.0 Å². The number of amides is 1. The summed E-state index contributed by atoms with van der Waals surface area (Å²) in [5.41, 5.74) is 6.07. The van der Waals surface area contributed by atoms with Crippen molar-refractivity contribution in [3.05, 3.63) is 57.8 Å². The van der Waals surface area contributed by atoms with Crippen molar-refractivity contribution >= 4 is 28.4 Å². The minimum Gasteiger partial charge on any atom is -0.369 e. The lowest BCUT2D eigenvalue weighted by atomic mass is 10.2. The Kier molecular flexibility index (Phi) is 4.25. The molecule has 1 aromatic carbocycles. The Labute approximate surface area is 140 Å². The molecule has 2 heterocycles. The number of nitrogens with zero attached hydrogens (tertiary/aromatic N) is 3. The minimum absolute atomic E-state index is 0.0686. The van der Waals surface area contributed by atoms with Crippen LogP contribution in [0.2, 0.25) is 0 Å². The largest absolute Gasteiger partial charge is 0.369 e. The topological polar surface area (TPSA) is 140 Å². The quantitative estimate of drug-likeness (QED) is 0.460. The number of aromatic nitrogens is 3. The predicted molar refractivity (Wildman–Crippen MR) is 87.7 cm³/mol. The molecule has 10 heteroatoms. The average Bonchev–Trinajstić information content (AvgIpc) is 2.96. The van der Waals surface area contributed by atoms with Crippen LogP contribution in [0.1, 0.15) is 16.2 Å². The van der Waals surface area contributed by atoms with E-state index in [4.69, 9.17) is 5.73 Å². The first-order valence-electron chi connectivity index (χ1n) is 7.26. The highest BCUT2D eigenvalue weighted by Gasteiger charge is 2.16. The van der Waals surface area contributed by atoms with Crippen molar-refractivity contribution in [2.45, 2.75) is 6.42 Å². The first-order valence-corrected chi connectivity index (χ1v) is 7.26. The highest BCUT2D eigenvalue weighted by Crippen LogP contribution is 2.19. The molecule has 0 aliphatic heterocycles. The highest BCUT2D eigenvalue weighted by atomic mass is 19.1. The van der Waals surface area contributed by atoms with Gasteiger partial charge in [0.05, 0.1) is 21.5 Å². The zero-order chi connectivity index (χ0) is 18.0. The van der Waals surface area contributed by atoms with Crippen molar-refractivity contribution in [3.63, 3.8) is 0 Å². The lowest BCUT2D eigenvalue weighted by molar-refractivity contribution is -0.385. The maximum absolute atomic E-state index is 13.2. The van der Waals surface area contributed by atoms with Gasteiger partial charge in [0.1, 0.15) is 23.7 Å². The molecule has 0 saturated carbocycles. The van der Waals surface area contributed by atoms with Gasteiger partial charge in [-0.15, -0.1) is 0 Å². The number of nitrogens with one attached hydrogen (secondary N) is 2. The summed E-state index contributed by atoms with van der Waals surface area (Å²) in [6, 6.07) is 5.32. The molecule has 0 bridgehead atoms. The van der Waals surface area contributed by atoms with Crippen LogP contribution in [0.3, 0.4) is 0 Å². The van der Waals surface area contributed by atoms with Crippen LogP contribution in [0.4, 0.5) is 15.9 Å². The van der Waals surface area contributed by atoms with E-state index in [1.807, 2.05) is 0 Å². The zero-order valence-corrected chi connectivity index (χ0v) is 12.8. The first-order chi connectivity index (χ1) is 11.9. The lowest BCUT2D eigenvalue weighted by Gasteiger charge is -2.07. The van der Waals surface area contributed by atoms with E-state index in [0.717, 1.165) is 12.3 Å². The molecule has 0 aliphatic carbocycles. The van der Waals surface area contributed by atoms with E-state index in [2.05, 4.69) is 20.3 Å². The van der Waals surface area contributed by atoms with Crippen LogP contribution in [0.5, 0.6) is 0 Å². The Morgan fingerprint density at radius 3 is 2.92 bits per heavy atom. The van der Waals surface area contributed by atoms with Gasteiger partial charge in [-0.2, -0.15) is 0 Å². The third-order valence-corrected chi connectivity index (χ3v) is 3.50. The van der Waals surface area contributed by atoms with E-state index < -0.39 is 10.8 Å². The van der Waals surface area contributed by atoms with Crippen molar-refractivity contribution in [2.24, 2.45) is 5.73 Å². The van der Waals surface area contributed by atoms with Crippen molar-refractivity contribution in [2.75, 3.05) is 11.9 Å². The number of anilines is 1. The first kappa shape index (κ1) is 16.3. The Morgan fingerprint density at radius 1 is 1.40 bits per heavy atom. The minimum atomic E-state index is -0.821. The number of carbonyl (C=O) groups excluding carboxylic acids is 1. The van der Waals surface area contributed by atoms with E-state index in [-0.39, 0.29) is 22.9 Å². The number of H-pyrrole nitrogens is 1. The third-order valence-electron chi connectivity index (χ3n) is 3.50. The van der Waals surface area contributed by atoms with Gasteiger partial charge in [0.15, 0.2) is 0 Å². The summed E-state index contributed by atoms with van der Waals surface area (Å²) >= 11 is 0. The number of carbonyl (C=O) groups is 1. The average molecular weight is 344 g/mol. The van der Waals surface area contributed by atoms with Gasteiger partial charge in [0.2, 0.25) is 0 Å². The Morgan fingerprint density at radius 2 is 2.20 bits per heavy atom. The molecular weight excluding hydrogens is 331 g/mol. The van der Waals surface area contributed by atoms with Crippen LogP contribution >= 0.6 is 0 Å². The summed E-state index contributed by atoms with van der Waals surface area (Å²) < 4.78 is 13.2. The van der Waals surface area contributed by atoms with Gasteiger partial charge in [-0.1, -0.05) is 0 Å². The number of imidazole rings is 1. The summed E-state index contributed by atoms with van der Waals surface area (Å²) in [7, 11) is 0. The molecule has 9 nitrogen and oxygen atoms in total. The van der Waals surface area contributed by atoms with Gasteiger partial charge in [0, 0.05) is 19.0 Å². The van der Waals surface area contributed by atoms with Crippen LogP contribution in [-0.4, -0.2) is 32.3 Å². The second-order valence-electron chi connectivity index (χ2n) is 5.23. The monoisotopic (exact) mass is 344 g/mol. The molecule has 2 aromatic heterocycles. The molecule has 0 saturated heterocycles. The maximum atomic E-state index is 13.2. The lowest BCUT2D eigenvalue weighted by Crippen LogP contribution is -2.17. The zero-order valence-electron chi connectivity index (χ0n) is 12.8. The SMILES string of the molecule is NC(=O)c1cc([N+](=O)[O-])cnc1NCCc1nc2ccc(F)cc2[nH]1. The third kappa shape index (κ3) is 3.52. The van der Waals surface area contributed by atoms with E-state index in [9.17, 15) is 19.3 Å². The molecule has 0 radical (unpaired) electrons. The van der Waals surface area contributed by atoms with Gasteiger partial charge in [0.25, 0.3) is 11.6 Å². The fourth-order valence-electron chi connectivity index (χ4n) is 2.33. The molecular formula is C15H13FN6O3.